The molecule has 0 aromatic rings. The Bertz CT molecular complexity index is 142. The number of rotatable bonds is 7. The molecule has 0 aliphatic carbocycles. The van der Waals surface area contributed by atoms with Crippen LogP contribution in [0.5, 0.6) is 0 Å². The summed E-state index contributed by atoms with van der Waals surface area (Å²) in [5, 5.41) is 0. The van der Waals surface area contributed by atoms with Gasteiger partial charge in [0.1, 0.15) is 5.79 Å². The summed E-state index contributed by atoms with van der Waals surface area (Å²) in [5.41, 5.74) is 0. The Balaban J connectivity index is 4.65. The minimum absolute atomic E-state index is 0.0508. The predicted octanol–water partition coefficient (Wildman–Crippen LogP) is 1.91. The number of unbranched alkanes of at least 4 members (excludes halogenated alkanes) is 2. The highest BCUT2D eigenvalue weighted by Gasteiger charge is 2.36. The van der Waals surface area contributed by atoms with Crippen LogP contribution in [-0.4, -0.2) is 62.8 Å². The van der Waals surface area contributed by atoms with E-state index in [0.717, 1.165) is 0 Å². The highest BCUT2D eigenvalue weighted by Crippen LogP contribution is 2.25. The average Bonchev–Trinajstić information content (AvgIpc) is 2.10. The van der Waals surface area contributed by atoms with E-state index in [1.54, 1.807) is 0 Å². The van der Waals surface area contributed by atoms with E-state index in [0.29, 0.717) is 0 Å². The molecule has 0 heterocycles. The number of hydrogen-bond acceptors (Lipinski definition) is 3. The molecule has 3 nitrogen and oxygen atoms in total. The van der Waals surface area contributed by atoms with E-state index in [2.05, 4.69) is 63.9 Å². The van der Waals surface area contributed by atoms with Crippen molar-refractivity contribution in [3.63, 3.8) is 0 Å². The third-order valence-electron chi connectivity index (χ3n) is 3.26. The molecule has 0 rings (SSSR count). The molecular weight excluding hydrogens is 186 g/mol. The van der Waals surface area contributed by atoms with Crippen LogP contribution in [0.15, 0.2) is 0 Å². The smallest absolute Gasteiger partial charge is 0.129 e. The molecule has 0 radical (unpaired) electrons. The van der Waals surface area contributed by atoms with Crippen LogP contribution >= 0.6 is 0 Å². The van der Waals surface area contributed by atoms with Crippen molar-refractivity contribution in [2.24, 2.45) is 0 Å². The Labute approximate surface area is 96.0 Å². The number of hydrogen-bond donors (Lipinski definition) is 0. The fraction of sp³-hybridized carbons (Fsp3) is 1.00. The zero-order valence-corrected chi connectivity index (χ0v) is 11.7. The summed E-state index contributed by atoms with van der Waals surface area (Å²) < 4.78 is 0. The van der Waals surface area contributed by atoms with Gasteiger partial charge in [-0.25, -0.2) is 0 Å². The summed E-state index contributed by atoms with van der Waals surface area (Å²) in [4.78, 5) is 6.92. The highest BCUT2D eigenvalue weighted by molar-refractivity contribution is 4.82. The maximum absolute atomic E-state index is 2.31. The van der Waals surface area contributed by atoms with Crippen LogP contribution in [0.4, 0.5) is 0 Å². The van der Waals surface area contributed by atoms with Gasteiger partial charge >= 0.3 is 0 Å². The van der Waals surface area contributed by atoms with Gasteiger partial charge in [0.05, 0.1) is 0 Å². The molecule has 0 aromatic heterocycles. The second-order valence-corrected chi connectivity index (χ2v) is 4.91. The van der Waals surface area contributed by atoms with E-state index < -0.39 is 0 Å². The van der Waals surface area contributed by atoms with Gasteiger partial charge in [-0.15, -0.1) is 0 Å². The Morgan fingerprint density at radius 2 is 1.13 bits per heavy atom. The lowest BCUT2D eigenvalue weighted by Gasteiger charge is -2.50. The quantitative estimate of drug-likeness (QED) is 0.474. The molecule has 0 saturated heterocycles. The van der Waals surface area contributed by atoms with Crippen molar-refractivity contribution < 1.29 is 0 Å². The van der Waals surface area contributed by atoms with Crippen LogP contribution in [0, 0.1) is 0 Å². The molecule has 0 N–H and O–H groups in total. The van der Waals surface area contributed by atoms with Gasteiger partial charge < -0.3 is 0 Å². The second-order valence-electron chi connectivity index (χ2n) is 4.91. The maximum atomic E-state index is 2.31. The Hall–Kier alpha value is -0.120. The lowest BCUT2D eigenvalue weighted by atomic mass is 10.1. The summed E-state index contributed by atoms with van der Waals surface area (Å²) in [6, 6.07) is 0. The minimum Gasteiger partial charge on any atom is -0.279 e. The van der Waals surface area contributed by atoms with Gasteiger partial charge in [-0.05, 0) is 55.1 Å². The van der Waals surface area contributed by atoms with E-state index in [1.165, 1.54) is 25.7 Å². The largest absolute Gasteiger partial charge is 0.279 e. The van der Waals surface area contributed by atoms with Gasteiger partial charge in [0.2, 0.25) is 0 Å². The van der Waals surface area contributed by atoms with Crippen LogP contribution in [0.1, 0.15) is 32.6 Å². The van der Waals surface area contributed by atoms with Gasteiger partial charge in [-0.3, -0.25) is 14.7 Å². The summed E-state index contributed by atoms with van der Waals surface area (Å²) in [7, 11) is 13.0. The molecule has 0 aromatic carbocycles. The topological polar surface area (TPSA) is 9.72 Å². The number of nitrogens with zero attached hydrogens (tertiary/aromatic N) is 3. The molecule has 0 aliphatic heterocycles. The molecular formula is C12H29N3. The molecule has 0 fully saturated rings. The summed E-state index contributed by atoms with van der Waals surface area (Å²) >= 11 is 0. The van der Waals surface area contributed by atoms with E-state index in [9.17, 15) is 0 Å². The molecule has 0 aliphatic rings. The minimum atomic E-state index is 0.0508. The van der Waals surface area contributed by atoms with E-state index in [1.807, 2.05) is 0 Å². The molecule has 92 valence electrons. The molecule has 15 heavy (non-hydrogen) atoms. The first-order valence-electron chi connectivity index (χ1n) is 5.91. The van der Waals surface area contributed by atoms with Crippen LogP contribution in [-0.2, 0) is 0 Å². The monoisotopic (exact) mass is 215 g/mol. The summed E-state index contributed by atoms with van der Waals surface area (Å²) in [6.07, 6.45) is 5.07. The van der Waals surface area contributed by atoms with Crippen molar-refractivity contribution in [2.75, 3.05) is 42.3 Å². The van der Waals surface area contributed by atoms with Crippen molar-refractivity contribution >= 4 is 0 Å². The SMILES string of the molecule is CCCCCC(N(C)C)(N(C)C)N(C)C. The van der Waals surface area contributed by atoms with Crippen molar-refractivity contribution in [2.45, 2.75) is 38.4 Å². The van der Waals surface area contributed by atoms with Gasteiger partial charge in [-0.1, -0.05) is 19.8 Å². The Morgan fingerprint density at radius 3 is 1.40 bits per heavy atom. The summed E-state index contributed by atoms with van der Waals surface area (Å²) in [5.74, 6) is 0.0508. The zero-order chi connectivity index (χ0) is 12.1. The fourth-order valence-electron chi connectivity index (χ4n) is 2.48. The summed E-state index contributed by atoms with van der Waals surface area (Å²) in [6.45, 7) is 2.25. The maximum Gasteiger partial charge on any atom is 0.129 e. The van der Waals surface area contributed by atoms with E-state index >= 15 is 0 Å². The Kier molecular flexibility index (Phi) is 6.41. The van der Waals surface area contributed by atoms with E-state index in [4.69, 9.17) is 0 Å². The molecule has 0 bridgehead atoms. The van der Waals surface area contributed by atoms with Gasteiger partial charge in [0, 0.05) is 0 Å². The van der Waals surface area contributed by atoms with Crippen molar-refractivity contribution in [3.8, 4) is 0 Å². The fourth-order valence-corrected chi connectivity index (χ4v) is 2.48. The van der Waals surface area contributed by atoms with Crippen molar-refractivity contribution in [1.82, 2.24) is 14.7 Å². The molecule has 0 saturated carbocycles. The third-order valence-corrected chi connectivity index (χ3v) is 3.26. The molecule has 3 heteroatoms. The van der Waals surface area contributed by atoms with Gasteiger partial charge in [0.15, 0.2) is 0 Å². The molecule has 0 atom stereocenters. The van der Waals surface area contributed by atoms with E-state index in [-0.39, 0.29) is 5.79 Å². The highest BCUT2D eigenvalue weighted by atomic mass is 15.5. The second kappa shape index (κ2) is 6.46. The van der Waals surface area contributed by atoms with Crippen LogP contribution in [0.25, 0.3) is 0 Å². The van der Waals surface area contributed by atoms with Gasteiger partial charge in [-0.2, -0.15) is 0 Å². The first-order valence-corrected chi connectivity index (χ1v) is 5.91. The van der Waals surface area contributed by atoms with Crippen molar-refractivity contribution in [3.05, 3.63) is 0 Å². The third kappa shape index (κ3) is 3.44. The lowest BCUT2D eigenvalue weighted by molar-refractivity contribution is -0.115. The van der Waals surface area contributed by atoms with Crippen molar-refractivity contribution in [1.29, 1.82) is 0 Å². The first kappa shape index (κ1) is 14.9. The molecule has 0 spiro atoms. The zero-order valence-electron chi connectivity index (χ0n) is 11.7. The predicted molar refractivity (Wildman–Crippen MR) is 67.9 cm³/mol. The lowest BCUT2D eigenvalue weighted by Crippen LogP contribution is -2.63. The first-order chi connectivity index (χ1) is 6.89. The normalized spacial score (nSPS) is 13.2. The van der Waals surface area contributed by atoms with Gasteiger partial charge in [0.25, 0.3) is 0 Å². The Morgan fingerprint density at radius 1 is 0.733 bits per heavy atom. The molecule has 0 unspecified atom stereocenters. The standard InChI is InChI=1S/C12H29N3/c1-8-9-10-11-12(13(2)3,14(4)5)15(6)7/h8-11H2,1-7H3. The van der Waals surface area contributed by atoms with Crippen LogP contribution < -0.4 is 0 Å². The average molecular weight is 215 g/mol. The van der Waals surface area contributed by atoms with Crippen LogP contribution in [0.3, 0.4) is 0 Å². The van der Waals surface area contributed by atoms with Crippen LogP contribution in [0.2, 0.25) is 0 Å². The molecule has 0 amide bonds.